The second-order valence-electron chi connectivity index (χ2n) is 8.30. The van der Waals surface area contributed by atoms with Crippen LogP contribution in [0.3, 0.4) is 0 Å². The van der Waals surface area contributed by atoms with Gasteiger partial charge in [-0.1, -0.05) is 11.6 Å². The molecule has 0 unspecified atom stereocenters. The molecule has 1 saturated carbocycles. The summed E-state index contributed by atoms with van der Waals surface area (Å²) in [5, 5.41) is 7.55. The number of hydrogen-bond donors (Lipinski definition) is 3. The fourth-order valence-corrected chi connectivity index (χ4v) is 4.30. The van der Waals surface area contributed by atoms with E-state index in [1.54, 1.807) is 12.4 Å². The molecule has 0 radical (unpaired) electrons. The Kier molecular flexibility index (Phi) is 6.47. The van der Waals surface area contributed by atoms with Crippen molar-refractivity contribution < 1.29 is 0 Å². The SMILES string of the molecule is CN1CCC(Nc2cc(-c3nc(NC4CCC(N)CC4)ncc3Cl)ccn2)CC1. The Bertz CT molecular complexity index is 814. The zero-order chi connectivity index (χ0) is 20.2. The van der Waals surface area contributed by atoms with Gasteiger partial charge in [0.1, 0.15) is 5.82 Å². The second-order valence-corrected chi connectivity index (χ2v) is 8.71. The van der Waals surface area contributed by atoms with Crippen molar-refractivity contribution in [3.05, 3.63) is 29.5 Å². The minimum absolute atomic E-state index is 0.321. The highest BCUT2D eigenvalue weighted by molar-refractivity contribution is 6.32. The molecule has 2 aliphatic rings. The first-order chi connectivity index (χ1) is 14.1. The molecule has 0 bridgehead atoms. The van der Waals surface area contributed by atoms with Crippen LogP contribution in [0, 0.1) is 0 Å². The van der Waals surface area contributed by atoms with Crippen molar-refractivity contribution in [1.29, 1.82) is 0 Å². The Balaban J connectivity index is 1.47. The van der Waals surface area contributed by atoms with E-state index >= 15 is 0 Å². The van der Waals surface area contributed by atoms with Crippen molar-refractivity contribution in [2.24, 2.45) is 5.73 Å². The smallest absolute Gasteiger partial charge is 0.223 e. The van der Waals surface area contributed by atoms with E-state index in [4.69, 9.17) is 22.3 Å². The van der Waals surface area contributed by atoms with Gasteiger partial charge in [0.15, 0.2) is 0 Å². The van der Waals surface area contributed by atoms with E-state index in [2.05, 4.69) is 32.5 Å². The molecule has 0 aromatic carbocycles. The predicted octanol–water partition coefficient (Wildman–Crippen LogP) is 3.38. The monoisotopic (exact) mass is 415 g/mol. The molecule has 156 valence electrons. The lowest BCUT2D eigenvalue weighted by Gasteiger charge is -2.29. The Morgan fingerprint density at radius 1 is 1.03 bits per heavy atom. The van der Waals surface area contributed by atoms with Gasteiger partial charge in [-0.2, -0.15) is 0 Å². The molecule has 1 aliphatic carbocycles. The van der Waals surface area contributed by atoms with E-state index in [0.717, 1.165) is 68.7 Å². The minimum atomic E-state index is 0.321. The molecule has 1 aliphatic heterocycles. The van der Waals surface area contributed by atoms with Crippen molar-refractivity contribution in [2.75, 3.05) is 30.8 Å². The van der Waals surface area contributed by atoms with Crippen LogP contribution in [0.1, 0.15) is 38.5 Å². The highest BCUT2D eigenvalue weighted by Crippen LogP contribution is 2.29. The average Bonchev–Trinajstić information content (AvgIpc) is 2.73. The maximum absolute atomic E-state index is 6.44. The summed E-state index contributed by atoms with van der Waals surface area (Å²) >= 11 is 6.44. The highest BCUT2D eigenvalue weighted by atomic mass is 35.5. The van der Waals surface area contributed by atoms with Gasteiger partial charge in [-0.25, -0.2) is 15.0 Å². The van der Waals surface area contributed by atoms with Crippen LogP contribution in [-0.2, 0) is 0 Å². The van der Waals surface area contributed by atoms with Gasteiger partial charge in [-0.3, -0.25) is 0 Å². The van der Waals surface area contributed by atoms with Crippen molar-refractivity contribution in [3.63, 3.8) is 0 Å². The molecule has 0 atom stereocenters. The number of piperidine rings is 1. The van der Waals surface area contributed by atoms with Gasteiger partial charge in [0.05, 0.1) is 16.9 Å². The van der Waals surface area contributed by atoms with Gasteiger partial charge in [0.25, 0.3) is 0 Å². The summed E-state index contributed by atoms with van der Waals surface area (Å²) in [6.45, 7) is 2.21. The second kappa shape index (κ2) is 9.24. The molecule has 8 heteroatoms. The molecule has 4 N–H and O–H groups in total. The summed E-state index contributed by atoms with van der Waals surface area (Å²) in [4.78, 5) is 15.9. The van der Waals surface area contributed by atoms with Crippen LogP contribution in [0.5, 0.6) is 0 Å². The molecule has 4 rings (SSSR count). The maximum Gasteiger partial charge on any atom is 0.223 e. The molecule has 2 aromatic heterocycles. The third kappa shape index (κ3) is 5.35. The third-order valence-corrected chi connectivity index (χ3v) is 6.23. The van der Waals surface area contributed by atoms with Crippen molar-refractivity contribution in [2.45, 2.75) is 56.7 Å². The van der Waals surface area contributed by atoms with Gasteiger partial charge >= 0.3 is 0 Å². The summed E-state index contributed by atoms with van der Waals surface area (Å²) < 4.78 is 0. The lowest BCUT2D eigenvalue weighted by atomic mass is 9.92. The normalized spacial score (nSPS) is 23.7. The molecule has 2 fully saturated rings. The molecule has 2 aromatic rings. The van der Waals surface area contributed by atoms with E-state index in [0.29, 0.717) is 29.1 Å². The first kappa shape index (κ1) is 20.3. The Hall–Kier alpha value is -1.96. The van der Waals surface area contributed by atoms with Gasteiger partial charge < -0.3 is 21.3 Å². The summed E-state index contributed by atoms with van der Waals surface area (Å²) in [6, 6.07) is 5.10. The molecule has 3 heterocycles. The number of nitrogens with two attached hydrogens (primary N) is 1. The molecule has 29 heavy (non-hydrogen) atoms. The quantitative estimate of drug-likeness (QED) is 0.689. The molecular weight excluding hydrogens is 386 g/mol. The predicted molar refractivity (Wildman–Crippen MR) is 118 cm³/mol. The zero-order valence-electron chi connectivity index (χ0n) is 16.9. The van der Waals surface area contributed by atoms with Crippen LogP contribution in [0.2, 0.25) is 5.02 Å². The zero-order valence-corrected chi connectivity index (χ0v) is 17.7. The summed E-state index contributed by atoms with van der Waals surface area (Å²) in [6.07, 6.45) is 9.88. The van der Waals surface area contributed by atoms with Crippen molar-refractivity contribution >= 4 is 23.4 Å². The molecule has 1 saturated heterocycles. The van der Waals surface area contributed by atoms with Crippen LogP contribution >= 0.6 is 11.6 Å². The Labute approximate surface area is 177 Å². The number of nitrogens with zero attached hydrogens (tertiary/aromatic N) is 4. The summed E-state index contributed by atoms with van der Waals surface area (Å²) in [7, 11) is 2.17. The molecule has 0 spiro atoms. The highest BCUT2D eigenvalue weighted by Gasteiger charge is 2.20. The number of anilines is 2. The number of hydrogen-bond acceptors (Lipinski definition) is 7. The number of halogens is 1. The molecule has 0 amide bonds. The van der Waals surface area contributed by atoms with Crippen LogP contribution in [0.25, 0.3) is 11.3 Å². The molecular formula is C21H30ClN7. The van der Waals surface area contributed by atoms with E-state index in [1.807, 2.05) is 12.1 Å². The van der Waals surface area contributed by atoms with E-state index in [1.165, 1.54) is 0 Å². The van der Waals surface area contributed by atoms with Crippen LogP contribution in [0.4, 0.5) is 11.8 Å². The Morgan fingerprint density at radius 3 is 2.52 bits per heavy atom. The van der Waals surface area contributed by atoms with Crippen LogP contribution in [0.15, 0.2) is 24.5 Å². The first-order valence-electron chi connectivity index (χ1n) is 10.5. The summed E-state index contributed by atoms with van der Waals surface area (Å²) in [5.74, 6) is 1.48. The van der Waals surface area contributed by atoms with E-state index < -0.39 is 0 Å². The van der Waals surface area contributed by atoms with Gasteiger partial charge in [-0.15, -0.1) is 0 Å². The number of rotatable bonds is 5. The first-order valence-corrected chi connectivity index (χ1v) is 10.9. The minimum Gasteiger partial charge on any atom is -0.367 e. The Morgan fingerprint density at radius 2 is 1.76 bits per heavy atom. The van der Waals surface area contributed by atoms with Gasteiger partial charge in [0.2, 0.25) is 5.95 Å². The fraction of sp³-hybridized carbons (Fsp3) is 0.571. The number of likely N-dealkylation sites (tertiary alicyclic amines) is 1. The maximum atomic E-state index is 6.44. The molecule has 7 nitrogen and oxygen atoms in total. The van der Waals surface area contributed by atoms with Gasteiger partial charge in [-0.05, 0) is 70.8 Å². The van der Waals surface area contributed by atoms with Crippen LogP contribution in [-0.4, -0.2) is 58.1 Å². The third-order valence-electron chi connectivity index (χ3n) is 5.95. The number of pyridine rings is 1. The summed E-state index contributed by atoms with van der Waals surface area (Å²) in [5.41, 5.74) is 7.68. The number of aromatic nitrogens is 3. The van der Waals surface area contributed by atoms with E-state index in [-0.39, 0.29) is 0 Å². The van der Waals surface area contributed by atoms with E-state index in [9.17, 15) is 0 Å². The topological polar surface area (TPSA) is 92.0 Å². The largest absolute Gasteiger partial charge is 0.367 e. The lowest BCUT2D eigenvalue weighted by molar-refractivity contribution is 0.263. The van der Waals surface area contributed by atoms with Crippen LogP contribution < -0.4 is 16.4 Å². The van der Waals surface area contributed by atoms with Gasteiger partial charge in [0, 0.05) is 29.9 Å². The lowest BCUT2D eigenvalue weighted by Crippen LogP contribution is -2.36. The number of nitrogens with one attached hydrogen (secondary N) is 2. The fourth-order valence-electron chi connectivity index (χ4n) is 4.10. The average molecular weight is 416 g/mol. The van der Waals surface area contributed by atoms with Crippen molar-refractivity contribution in [3.8, 4) is 11.3 Å². The van der Waals surface area contributed by atoms with Crippen molar-refractivity contribution in [1.82, 2.24) is 19.9 Å². The standard InChI is InChI=1S/C21H30ClN7/c1-29-10-7-17(8-11-29)26-19-12-14(6-9-24-19)20-18(22)13-25-21(28-20)27-16-4-2-15(23)3-5-16/h6,9,12-13,15-17H,2-5,7-8,10-11,23H2,1H3,(H,24,26)(H,25,27,28).